The summed E-state index contributed by atoms with van der Waals surface area (Å²) in [5.74, 6) is -1.36. The van der Waals surface area contributed by atoms with Crippen molar-refractivity contribution in [3.63, 3.8) is 0 Å². The number of carbonyl (C=O) groups is 2. The number of hydrogen-bond donors (Lipinski definition) is 0. The van der Waals surface area contributed by atoms with Crippen LogP contribution in [0.15, 0.2) is 49.1 Å². The molecule has 4 heteroatoms. The maximum atomic E-state index is 12.0. The van der Waals surface area contributed by atoms with Gasteiger partial charge in [-0.25, -0.2) is 4.79 Å². The van der Waals surface area contributed by atoms with Crippen LogP contribution in [0.2, 0.25) is 0 Å². The standard InChI is InChI=1S/C19H24O4/c1-4-10-16(19(21)22-6-3)17(5-2)23-18(20)14-13-15-11-8-7-9-12-15/h4,7-9,11-14,16-17H,1,5-6,10H2,2-3H3/b14-13+. The molecular formula is C19H24O4. The normalized spacial score (nSPS) is 13.3. The Hall–Kier alpha value is -2.36. The van der Waals surface area contributed by atoms with E-state index in [0.717, 1.165) is 5.56 Å². The summed E-state index contributed by atoms with van der Waals surface area (Å²) >= 11 is 0. The average molecular weight is 316 g/mol. The molecule has 0 aliphatic carbocycles. The van der Waals surface area contributed by atoms with Crippen LogP contribution in [0.5, 0.6) is 0 Å². The lowest BCUT2D eigenvalue weighted by Crippen LogP contribution is -2.33. The number of hydrogen-bond acceptors (Lipinski definition) is 4. The minimum atomic E-state index is -0.528. The van der Waals surface area contributed by atoms with Crippen molar-refractivity contribution in [3.8, 4) is 0 Å². The second-order valence-corrected chi connectivity index (χ2v) is 5.01. The van der Waals surface area contributed by atoms with Crippen molar-refractivity contribution >= 4 is 18.0 Å². The molecule has 2 atom stereocenters. The number of carbonyl (C=O) groups excluding carboxylic acids is 2. The molecular weight excluding hydrogens is 292 g/mol. The number of benzene rings is 1. The topological polar surface area (TPSA) is 52.6 Å². The molecule has 0 aromatic heterocycles. The Labute approximate surface area is 137 Å². The van der Waals surface area contributed by atoms with Crippen LogP contribution in [0.4, 0.5) is 0 Å². The van der Waals surface area contributed by atoms with Crippen molar-refractivity contribution in [1.29, 1.82) is 0 Å². The fraction of sp³-hybridized carbons (Fsp3) is 0.368. The van der Waals surface area contributed by atoms with Crippen molar-refractivity contribution in [2.24, 2.45) is 5.92 Å². The Morgan fingerprint density at radius 2 is 1.91 bits per heavy atom. The highest BCUT2D eigenvalue weighted by molar-refractivity contribution is 5.87. The summed E-state index contributed by atoms with van der Waals surface area (Å²) in [6, 6.07) is 9.46. The van der Waals surface area contributed by atoms with Gasteiger partial charge < -0.3 is 9.47 Å². The van der Waals surface area contributed by atoms with Gasteiger partial charge in [0.1, 0.15) is 6.10 Å². The fourth-order valence-corrected chi connectivity index (χ4v) is 2.20. The second kappa shape index (κ2) is 10.4. The molecule has 0 aliphatic heterocycles. The summed E-state index contributed by atoms with van der Waals surface area (Å²) in [6.45, 7) is 7.57. The van der Waals surface area contributed by atoms with E-state index in [1.807, 2.05) is 37.3 Å². The molecule has 0 bridgehead atoms. The molecule has 1 aromatic carbocycles. The molecule has 1 aromatic rings. The third kappa shape index (κ3) is 6.51. The molecule has 0 aliphatic rings. The third-order valence-corrected chi connectivity index (χ3v) is 3.34. The first kappa shape index (κ1) is 18.7. The quantitative estimate of drug-likeness (QED) is 0.395. The van der Waals surface area contributed by atoms with Crippen LogP contribution in [0, 0.1) is 5.92 Å². The summed E-state index contributed by atoms with van der Waals surface area (Å²) in [5, 5.41) is 0. The number of allylic oxidation sites excluding steroid dienone is 1. The highest BCUT2D eigenvalue weighted by Gasteiger charge is 2.29. The van der Waals surface area contributed by atoms with E-state index in [4.69, 9.17) is 9.47 Å². The van der Waals surface area contributed by atoms with Gasteiger partial charge in [0, 0.05) is 6.08 Å². The summed E-state index contributed by atoms with van der Waals surface area (Å²) in [6.07, 6.45) is 5.10. The number of rotatable bonds is 9. The second-order valence-electron chi connectivity index (χ2n) is 5.01. The van der Waals surface area contributed by atoms with Gasteiger partial charge in [-0.1, -0.05) is 43.3 Å². The first-order valence-electron chi connectivity index (χ1n) is 7.83. The lowest BCUT2D eigenvalue weighted by molar-refractivity contribution is -0.159. The SMILES string of the molecule is C=CCC(C(=O)OCC)C(CC)OC(=O)/C=C/c1ccccc1. The summed E-state index contributed by atoms with van der Waals surface area (Å²) < 4.78 is 10.5. The van der Waals surface area contributed by atoms with Crippen LogP contribution in [0.3, 0.4) is 0 Å². The van der Waals surface area contributed by atoms with E-state index in [0.29, 0.717) is 19.4 Å². The minimum absolute atomic E-state index is 0.296. The molecule has 0 spiro atoms. The van der Waals surface area contributed by atoms with Gasteiger partial charge >= 0.3 is 11.9 Å². The van der Waals surface area contributed by atoms with E-state index in [1.165, 1.54) is 6.08 Å². The maximum Gasteiger partial charge on any atom is 0.331 e. The van der Waals surface area contributed by atoms with Crippen LogP contribution >= 0.6 is 0 Å². The lowest BCUT2D eigenvalue weighted by atomic mass is 9.96. The zero-order chi connectivity index (χ0) is 17.1. The van der Waals surface area contributed by atoms with Gasteiger partial charge in [-0.15, -0.1) is 6.58 Å². The Balaban J connectivity index is 2.72. The highest BCUT2D eigenvalue weighted by atomic mass is 16.6. The number of esters is 2. The Morgan fingerprint density at radius 3 is 2.48 bits per heavy atom. The van der Waals surface area contributed by atoms with Gasteiger partial charge in [-0.3, -0.25) is 4.79 Å². The third-order valence-electron chi connectivity index (χ3n) is 3.34. The van der Waals surface area contributed by atoms with E-state index in [2.05, 4.69) is 6.58 Å². The van der Waals surface area contributed by atoms with Crippen molar-refractivity contribution in [2.75, 3.05) is 6.61 Å². The van der Waals surface area contributed by atoms with Crippen molar-refractivity contribution in [3.05, 3.63) is 54.6 Å². The van der Waals surface area contributed by atoms with Gasteiger partial charge in [-0.2, -0.15) is 0 Å². The Morgan fingerprint density at radius 1 is 1.22 bits per heavy atom. The van der Waals surface area contributed by atoms with Gasteiger partial charge in [0.2, 0.25) is 0 Å². The van der Waals surface area contributed by atoms with Crippen molar-refractivity contribution in [1.82, 2.24) is 0 Å². The summed E-state index contributed by atoms with van der Waals surface area (Å²) in [7, 11) is 0. The molecule has 0 N–H and O–H groups in total. The zero-order valence-corrected chi connectivity index (χ0v) is 13.7. The maximum absolute atomic E-state index is 12.0. The highest BCUT2D eigenvalue weighted by Crippen LogP contribution is 2.19. The number of ether oxygens (including phenoxy) is 2. The summed E-state index contributed by atoms with van der Waals surface area (Å²) in [4.78, 5) is 24.0. The smallest absolute Gasteiger partial charge is 0.331 e. The van der Waals surface area contributed by atoms with Crippen LogP contribution in [-0.4, -0.2) is 24.6 Å². The molecule has 4 nitrogen and oxygen atoms in total. The lowest BCUT2D eigenvalue weighted by Gasteiger charge is -2.23. The first-order chi connectivity index (χ1) is 11.1. The predicted octanol–water partition coefficient (Wildman–Crippen LogP) is 3.78. The largest absolute Gasteiger partial charge is 0.466 e. The molecule has 1 rings (SSSR count). The molecule has 0 heterocycles. The first-order valence-corrected chi connectivity index (χ1v) is 7.83. The summed E-state index contributed by atoms with van der Waals surface area (Å²) in [5.41, 5.74) is 0.908. The fourth-order valence-electron chi connectivity index (χ4n) is 2.20. The molecule has 0 saturated heterocycles. The van der Waals surface area contributed by atoms with Crippen LogP contribution in [0.1, 0.15) is 32.3 Å². The molecule has 0 fully saturated rings. The monoisotopic (exact) mass is 316 g/mol. The van der Waals surface area contributed by atoms with E-state index < -0.39 is 18.0 Å². The van der Waals surface area contributed by atoms with Gasteiger partial charge in [0.15, 0.2) is 0 Å². The van der Waals surface area contributed by atoms with Gasteiger partial charge in [0.25, 0.3) is 0 Å². The van der Waals surface area contributed by atoms with Gasteiger partial charge in [-0.05, 0) is 31.4 Å². The molecule has 23 heavy (non-hydrogen) atoms. The van der Waals surface area contributed by atoms with Crippen molar-refractivity contribution < 1.29 is 19.1 Å². The van der Waals surface area contributed by atoms with Crippen molar-refractivity contribution in [2.45, 2.75) is 32.8 Å². The molecule has 0 saturated carbocycles. The molecule has 2 unspecified atom stereocenters. The Bertz CT molecular complexity index is 534. The van der Waals surface area contributed by atoms with E-state index in [1.54, 1.807) is 19.1 Å². The Kier molecular flexibility index (Phi) is 8.43. The molecule has 124 valence electrons. The molecule has 0 amide bonds. The predicted molar refractivity (Wildman–Crippen MR) is 90.6 cm³/mol. The van der Waals surface area contributed by atoms with E-state index in [-0.39, 0.29) is 5.97 Å². The van der Waals surface area contributed by atoms with Crippen LogP contribution < -0.4 is 0 Å². The zero-order valence-electron chi connectivity index (χ0n) is 13.7. The average Bonchev–Trinajstić information content (AvgIpc) is 2.57. The van der Waals surface area contributed by atoms with Crippen LogP contribution in [-0.2, 0) is 19.1 Å². The molecule has 0 radical (unpaired) electrons. The van der Waals surface area contributed by atoms with Gasteiger partial charge in [0.05, 0.1) is 12.5 Å². The van der Waals surface area contributed by atoms with E-state index >= 15 is 0 Å². The van der Waals surface area contributed by atoms with E-state index in [9.17, 15) is 9.59 Å². The van der Waals surface area contributed by atoms with Crippen LogP contribution in [0.25, 0.3) is 6.08 Å². The minimum Gasteiger partial charge on any atom is -0.466 e.